The molecule has 28 heavy (non-hydrogen) atoms. The molecule has 0 aliphatic heterocycles. The lowest BCUT2D eigenvalue weighted by Crippen LogP contribution is -2.42. The van der Waals surface area contributed by atoms with E-state index in [1.54, 1.807) is 0 Å². The largest absolute Gasteiger partial charge is 0.489 e. The maximum atomic E-state index is 12.7. The van der Waals surface area contributed by atoms with Crippen LogP contribution < -0.4 is 9.46 Å². The number of rotatable bonds is 5. The molecule has 2 aliphatic rings. The molecule has 0 saturated heterocycles. The zero-order chi connectivity index (χ0) is 19.7. The number of fused-ring (bicyclic) bond motifs is 3. The van der Waals surface area contributed by atoms with Crippen LogP contribution in [-0.2, 0) is 24.0 Å². The molecular formula is C24H29NO2S. The summed E-state index contributed by atoms with van der Waals surface area (Å²) < 4.78 is 21.9. The molecular weight excluding hydrogens is 366 g/mol. The highest BCUT2D eigenvalue weighted by Crippen LogP contribution is 2.40. The summed E-state index contributed by atoms with van der Waals surface area (Å²) in [6.07, 6.45) is 5.57. The van der Waals surface area contributed by atoms with Gasteiger partial charge in [0.05, 0.1) is 15.7 Å². The Kier molecular flexibility index (Phi) is 5.44. The predicted octanol–water partition coefficient (Wildman–Crippen LogP) is 5.04. The summed E-state index contributed by atoms with van der Waals surface area (Å²) in [4.78, 5) is 0. The molecule has 3 atom stereocenters. The van der Waals surface area contributed by atoms with E-state index < -0.39 is 11.0 Å². The van der Waals surface area contributed by atoms with Gasteiger partial charge in [-0.15, -0.1) is 0 Å². The highest BCUT2D eigenvalue weighted by molar-refractivity contribution is 7.84. The van der Waals surface area contributed by atoms with Crippen molar-refractivity contribution in [3.05, 3.63) is 70.8 Å². The molecule has 0 amide bonds. The topological polar surface area (TPSA) is 38.3 Å². The highest BCUT2D eigenvalue weighted by Gasteiger charge is 2.36. The van der Waals surface area contributed by atoms with Crippen molar-refractivity contribution in [2.45, 2.75) is 57.4 Å². The molecule has 148 valence electrons. The van der Waals surface area contributed by atoms with E-state index in [9.17, 15) is 4.21 Å². The molecule has 2 aromatic rings. The number of hydrogen-bond donors (Lipinski definition) is 1. The standard InChI is InChI=1S/C24H29NO2S/c1-24(2,3)28(26)25-23-19-9-10-20(23)14-21-15-22(12-11-18(21)13-19)27-16-17-7-5-4-6-8-17/h4-8,11-12,14-15,19,23,25H,9-10,13,16H2,1-3H3/t19-,23?,28?/m0/s1. The lowest BCUT2D eigenvalue weighted by Gasteiger charge is -2.25. The Labute approximate surface area is 170 Å². The normalized spacial score (nSPS) is 22.2. The van der Waals surface area contributed by atoms with E-state index in [4.69, 9.17) is 4.74 Å². The first-order chi connectivity index (χ1) is 13.4. The van der Waals surface area contributed by atoms with Crippen LogP contribution in [0.2, 0.25) is 0 Å². The molecule has 2 aliphatic carbocycles. The fourth-order valence-corrected chi connectivity index (χ4v) is 4.96. The van der Waals surface area contributed by atoms with Gasteiger partial charge in [0.1, 0.15) is 12.4 Å². The second kappa shape index (κ2) is 7.84. The Hall–Kier alpha value is -1.91. The molecule has 1 saturated carbocycles. The number of benzene rings is 2. The minimum Gasteiger partial charge on any atom is -0.489 e. The Bertz CT molecular complexity index is 899. The fraction of sp³-hybridized carbons (Fsp3) is 0.417. The average molecular weight is 396 g/mol. The minimum atomic E-state index is -1.05. The molecule has 1 fully saturated rings. The third-order valence-electron chi connectivity index (χ3n) is 5.65. The van der Waals surface area contributed by atoms with Crippen LogP contribution in [0.15, 0.2) is 54.1 Å². The number of hydrogen-bond acceptors (Lipinski definition) is 2. The third kappa shape index (κ3) is 4.23. The van der Waals surface area contributed by atoms with Crippen molar-refractivity contribution in [2.75, 3.05) is 0 Å². The summed E-state index contributed by atoms with van der Waals surface area (Å²) in [5.74, 6) is 1.41. The van der Waals surface area contributed by atoms with Crippen LogP contribution in [0.1, 0.15) is 50.3 Å². The van der Waals surface area contributed by atoms with Gasteiger partial charge in [-0.05, 0) is 74.8 Å². The summed E-state index contributed by atoms with van der Waals surface area (Å²) >= 11 is 0. The van der Waals surface area contributed by atoms with E-state index in [-0.39, 0.29) is 10.8 Å². The van der Waals surface area contributed by atoms with Crippen molar-refractivity contribution in [3.63, 3.8) is 0 Å². The van der Waals surface area contributed by atoms with Crippen LogP contribution in [0, 0.1) is 5.92 Å². The maximum Gasteiger partial charge on any atom is 0.120 e. The van der Waals surface area contributed by atoms with Crippen LogP contribution in [0.3, 0.4) is 0 Å². The van der Waals surface area contributed by atoms with Crippen LogP contribution in [0.4, 0.5) is 0 Å². The predicted molar refractivity (Wildman–Crippen MR) is 116 cm³/mol. The molecule has 0 heterocycles. The smallest absolute Gasteiger partial charge is 0.120 e. The van der Waals surface area contributed by atoms with Gasteiger partial charge in [-0.2, -0.15) is 0 Å². The Morgan fingerprint density at radius 1 is 1.14 bits per heavy atom. The molecule has 4 heteroatoms. The van der Waals surface area contributed by atoms with Gasteiger partial charge < -0.3 is 4.74 Å². The first kappa shape index (κ1) is 19.4. The lowest BCUT2D eigenvalue weighted by atomic mass is 9.94. The van der Waals surface area contributed by atoms with Crippen LogP contribution in [0.5, 0.6) is 5.75 Å². The fourth-order valence-electron chi connectivity index (χ4n) is 4.03. The van der Waals surface area contributed by atoms with Crippen molar-refractivity contribution in [3.8, 4) is 5.75 Å². The van der Waals surface area contributed by atoms with Gasteiger partial charge >= 0.3 is 0 Å². The Balaban J connectivity index is 1.53. The van der Waals surface area contributed by atoms with Crippen molar-refractivity contribution >= 4 is 17.1 Å². The van der Waals surface area contributed by atoms with Gasteiger partial charge in [-0.1, -0.05) is 48.0 Å². The van der Waals surface area contributed by atoms with E-state index in [1.807, 2.05) is 39.0 Å². The first-order valence-corrected chi connectivity index (χ1v) is 11.2. The van der Waals surface area contributed by atoms with E-state index in [2.05, 4.69) is 41.1 Å². The van der Waals surface area contributed by atoms with Crippen LogP contribution in [-0.4, -0.2) is 15.0 Å². The van der Waals surface area contributed by atoms with Crippen molar-refractivity contribution in [1.82, 2.24) is 4.72 Å². The molecule has 2 aromatic carbocycles. The van der Waals surface area contributed by atoms with E-state index in [1.165, 1.54) is 22.3 Å². The van der Waals surface area contributed by atoms with Gasteiger partial charge in [0.2, 0.25) is 0 Å². The Morgan fingerprint density at radius 3 is 2.68 bits per heavy atom. The quantitative estimate of drug-likeness (QED) is 0.771. The molecule has 0 aromatic heterocycles. The van der Waals surface area contributed by atoms with Gasteiger partial charge in [-0.25, -0.2) is 8.93 Å². The lowest BCUT2D eigenvalue weighted by molar-refractivity contribution is 0.306. The SMILES string of the molecule is CC(C)(C)S(=O)NC1C2=Cc3cc(OCc4ccccc4)ccc3C[C@@H]1CC2. The van der Waals surface area contributed by atoms with E-state index >= 15 is 0 Å². The van der Waals surface area contributed by atoms with Crippen LogP contribution >= 0.6 is 0 Å². The molecule has 2 bridgehead atoms. The molecule has 4 rings (SSSR count). The number of ether oxygens (including phenoxy) is 1. The van der Waals surface area contributed by atoms with E-state index in [0.29, 0.717) is 12.5 Å². The van der Waals surface area contributed by atoms with Gasteiger partial charge in [-0.3, -0.25) is 0 Å². The molecule has 0 spiro atoms. The maximum absolute atomic E-state index is 12.7. The second-order valence-electron chi connectivity index (χ2n) is 8.83. The summed E-state index contributed by atoms with van der Waals surface area (Å²) in [5.41, 5.74) is 5.15. The molecule has 0 radical (unpaired) electrons. The zero-order valence-corrected chi connectivity index (χ0v) is 17.7. The summed E-state index contributed by atoms with van der Waals surface area (Å²) in [7, 11) is -1.05. The summed E-state index contributed by atoms with van der Waals surface area (Å²) in [5, 5.41) is 0. The van der Waals surface area contributed by atoms with E-state index in [0.717, 1.165) is 25.0 Å². The van der Waals surface area contributed by atoms with Crippen molar-refractivity contribution in [2.24, 2.45) is 5.92 Å². The van der Waals surface area contributed by atoms with Crippen molar-refractivity contribution in [1.29, 1.82) is 0 Å². The first-order valence-electron chi connectivity index (χ1n) is 10.1. The molecule has 3 nitrogen and oxygen atoms in total. The average Bonchev–Trinajstić information content (AvgIpc) is 2.94. The zero-order valence-electron chi connectivity index (χ0n) is 16.9. The second-order valence-corrected chi connectivity index (χ2v) is 10.8. The van der Waals surface area contributed by atoms with Crippen molar-refractivity contribution < 1.29 is 8.95 Å². The molecule has 1 N–H and O–H groups in total. The summed E-state index contributed by atoms with van der Waals surface area (Å²) in [6.45, 7) is 6.64. The van der Waals surface area contributed by atoms with Gasteiger partial charge in [0, 0.05) is 6.04 Å². The van der Waals surface area contributed by atoms with Crippen LogP contribution in [0.25, 0.3) is 6.08 Å². The Morgan fingerprint density at radius 2 is 1.93 bits per heavy atom. The van der Waals surface area contributed by atoms with Gasteiger partial charge in [0.15, 0.2) is 0 Å². The number of nitrogens with one attached hydrogen (secondary N) is 1. The highest BCUT2D eigenvalue weighted by atomic mass is 32.2. The molecule has 2 unspecified atom stereocenters. The summed E-state index contributed by atoms with van der Waals surface area (Å²) in [6, 6.07) is 16.9. The minimum absolute atomic E-state index is 0.209. The monoisotopic (exact) mass is 395 g/mol. The third-order valence-corrected chi connectivity index (χ3v) is 7.23. The van der Waals surface area contributed by atoms with Gasteiger partial charge in [0.25, 0.3) is 0 Å².